The number of carbonyl (C=O) groups is 1. The number of rotatable bonds is 6. The molecular formula is C26H27N3O3. The van der Waals surface area contributed by atoms with E-state index in [2.05, 4.69) is 16.5 Å². The van der Waals surface area contributed by atoms with Crippen molar-refractivity contribution in [2.24, 2.45) is 0 Å². The average molecular weight is 430 g/mol. The van der Waals surface area contributed by atoms with Crippen LogP contribution in [0.1, 0.15) is 42.8 Å². The summed E-state index contributed by atoms with van der Waals surface area (Å²) in [4.78, 5) is 23.3. The van der Waals surface area contributed by atoms with Gasteiger partial charge in [0.2, 0.25) is 0 Å². The Morgan fingerprint density at radius 2 is 1.78 bits per heavy atom. The third-order valence-corrected chi connectivity index (χ3v) is 6.04. The fraction of sp³-hybridized carbons (Fsp3) is 0.269. The highest BCUT2D eigenvalue weighted by atomic mass is 16.6. The Hall–Kier alpha value is -3.67. The second-order valence-corrected chi connectivity index (χ2v) is 8.23. The Morgan fingerprint density at radius 3 is 2.38 bits per heavy atom. The first kappa shape index (κ1) is 21.6. The Balaban J connectivity index is 1.52. The molecule has 1 unspecified atom stereocenters. The maximum Gasteiger partial charge on any atom is 0.411 e. The minimum Gasteiger partial charge on any atom is -0.513 e. The van der Waals surface area contributed by atoms with Gasteiger partial charge in [-0.15, -0.1) is 0 Å². The quantitative estimate of drug-likeness (QED) is 0.508. The predicted molar refractivity (Wildman–Crippen MR) is 123 cm³/mol. The molecule has 6 heteroatoms. The second kappa shape index (κ2) is 8.83. The van der Waals surface area contributed by atoms with E-state index in [0.717, 1.165) is 28.1 Å². The number of aryl methyl sites for hydroxylation is 1. The summed E-state index contributed by atoms with van der Waals surface area (Å²) in [6.07, 6.45) is 3.95. The first-order chi connectivity index (χ1) is 15.4. The van der Waals surface area contributed by atoms with E-state index in [1.807, 2.05) is 68.4 Å². The van der Waals surface area contributed by atoms with Crippen LogP contribution in [0.4, 0.5) is 4.79 Å². The zero-order chi connectivity index (χ0) is 22.7. The van der Waals surface area contributed by atoms with Gasteiger partial charge in [-0.1, -0.05) is 61.2 Å². The second-order valence-electron chi connectivity index (χ2n) is 8.23. The highest BCUT2D eigenvalue weighted by molar-refractivity contribution is 5.70. The topological polar surface area (TPSA) is 75.5 Å². The number of ether oxygens (including phenoxy) is 1. The lowest BCUT2D eigenvalue weighted by molar-refractivity contribution is -0.0645. The molecule has 1 N–H and O–H groups in total. The first-order valence-electron chi connectivity index (χ1n) is 10.7. The zero-order valence-electron chi connectivity index (χ0n) is 18.4. The van der Waals surface area contributed by atoms with Gasteiger partial charge in [0.05, 0.1) is 11.8 Å². The number of aliphatic hydroxyl groups excluding tert-OH is 1. The van der Waals surface area contributed by atoms with E-state index < -0.39 is 11.7 Å². The van der Waals surface area contributed by atoms with Crippen molar-refractivity contribution in [3.05, 3.63) is 96.3 Å². The molecule has 0 bridgehead atoms. The van der Waals surface area contributed by atoms with Crippen molar-refractivity contribution in [1.82, 2.24) is 14.9 Å². The molecule has 164 valence electrons. The maximum absolute atomic E-state index is 13.1. The van der Waals surface area contributed by atoms with Gasteiger partial charge < -0.3 is 14.7 Å². The molecule has 0 saturated carbocycles. The molecule has 4 rings (SSSR count). The zero-order valence-corrected chi connectivity index (χ0v) is 18.4. The molecule has 0 spiro atoms. The third kappa shape index (κ3) is 4.35. The number of aromatic nitrogens is 2. The molecule has 1 aliphatic rings. The van der Waals surface area contributed by atoms with Crippen molar-refractivity contribution in [3.63, 3.8) is 0 Å². The average Bonchev–Trinajstić information content (AvgIpc) is 2.79. The number of cyclic esters (lactones) is 1. The molecule has 2 atom stereocenters. The van der Waals surface area contributed by atoms with Gasteiger partial charge in [-0.25, -0.2) is 14.8 Å². The van der Waals surface area contributed by atoms with Gasteiger partial charge in [-0.05, 0) is 30.5 Å². The van der Waals surface area contributed by atoms with Crippen LogP contribution >= 0.6 is 0 Å². The van der Waals surface area contributed by atoms with E-state index >= 15 is 0 Å². The first-order valence-corrected chi connectivity index (χ1v) is 10.7. The lowest BCUT2D eigenvalue weighted by Crippen LogP contribution is -2.48. The fourth-order valence-corrected chi connectivity index (χ4v) is 4.20. The summed E-state index contributed by atoms with van der Waals surface area (Å²) in [7, 11) is 0. The molecule has 0 radical (unpaired) electrons. The van der Waals surface area contributed by atoms with Crippen molar-refractivity contribution >= 4 is 6.09 Å². The van der Waals surface area contributed by atoms with Gasteiger partial charge in [0.25, 0.3) is 0 Å². The van der Waals surface area contributed by atoms with Crippen molar-refractivity contribution in [3.8, 4) is 11.1 Å². The van der Waals surface area contributed by atoms with E-state index in [1.54, 1.807) is 17.3 Å². The summed E-state index contributed by atoms with van der Waals surface area (Å²) in [5.41, 5.74) is 2.93. The standard InChI is InChI=1S/C26H27N3O3/c1-18(30)15-26(24-7-5-4-6-8-24)13-14-29(25(31)32-26)19(2)21-9-11-22(12-10-21)23-16-27-20(3)28-17-23/h4-12,16-17,19,30H,1,13-15H2,2-3H3/t19-,26?/m0/s1. The van der Waals surface area contributed by atoms with Gasteiger partial charge >= 0.3 is 6.09 Å². The molecule has 2 aromatic carbocycles. The van der Waals surface area contributed by atoms with Crippen LogP contribution in [0.3, 0.4) is 0 Å². The van der Waals surface area contributed by atoms with E-state index in [4.69, 9.17) is 4.74 Å². The summed E-state index contributed by atoms with van der Waals surface area (Å²) in [6, 6.07) is 17.5. The van der Waals surface area contributed by atoms with Crippen LogP contribution in [-0.2, 0) is 10.3 Å². The highest BCUT2D eigenvalue weighted by Gasteiger charge is 2.44. The lowest BCUT2D eigenvalue weighted by atomic mass is 9.85. The highest BCUT2D eigenvalue weighted by Crippen LogP contribution is 2.40. The summed E-state index contributed by atoms with van der Waals surface area (Å²) < 4.78 is 5.98. The van der Waals surface area contributed by atoms with Crippen molar-refractivity contribution in [2.75, 3.05) is 6.54 Å². The monoisotopic (exact) mass is 429 g/mol. The lowest BCUT2D eigenvalue weighted by Gasteiger charge is -2.43. The number of nitrogens with zero attached hydrogens (tertiary/aromatic N) is 3. The molecule has 32 heavy (non-hydrogen) atoms. The molecule has 1 saturated heterocycles. The Bertz CT molecular complexity index is 1100. The van der Waals surface area contributed by atoms with Gasteiger partial charge in [-0.2, -0.15) is 0 Å². The van der Waals surface area contributed by atoms with Crippen molar-refractivity contribution < 1.29 is 14.6 Å². The largest absolute Gasteiger partial charge is 0.513 e. The minimum atomic E-state index is -0.907. The van der Waals surface area contributed by atoms with Crippen molar-refractivity contribution in [2.45, 2.75) is 38.3 Å². The van der Waals surface area contributed by atoms with Gasteiger partial charge in [-0.3, -0.25) is 0 Å². The van der Waals surface area contributed by atoms with Crippen LogP contribution in [0.15, 0.2) is 79.3 Å². The molecule has 0 aliphatic carbocycles. The molecule has 3 aromatic rings. The summed E-state index contributed by atoms with van der Waals surface area (Å²) >= 11 is 0. The number of aliphatic hydroxyl groups is 1. The third-order valence-electron chi connectivity index (χ3n) is 6.04. The number of hydrogen-bond acceptors (Lipinski definition) is 5. The van der Waals surface area contributed by atoms with Gasteiger partial charge in [0.15, 0.2) is 0 Å². The number of carbonyl (C=O) groups excluding carboxylic acids is 1. The summed E-state index contributed by atoms with van der Waals surface area (Å²) in [6.45, 7) is 7.98. The van der Waals surface area contributed by atoms with Gasteiger partial charge in [0, 0.05) is 37.3 Å². The van der Waals surface area contributed by atoms with Gasteiger partial charge in [0.1, 0.15) is 11.4 Å². The molecule has 1 aromatic heterocycles. The Morgan fingerprint density at radius 1 is 1.12 bits per heavy atom. The molecule has 1 amide bonds. The number of hydrogen-bond donors (Lipinski definition) is 1. The van der Waals surface area contributed by atoms with E-state index in [0.29, 0.717) is 13.0 Å². The number of benzene rings is 2. The minimum absolute atomic E-state index is 0.00109. The van der Waals surface area contributed by atoms with E-state index in [-0.39, 0.29) is 18.2 Å². The predicted octanol–water partition coefficient (Wildman–Crippen LogP) is 5.71. The molecule has 6 nitrogen and oxygen atoms in total. The van der Waals surface area contributed by atoms with Crippen LogP contribution in [-0.4, -0.2) is 32.6 Å². The Labute approximate surface area is 188 Å². The molecular weight excluding hydrogens is 402 g/mol. The van der Waals surface area contributed by atoms with Crippen LogP contribution < -0.4 is 0 Å². The van der Waals surface area contributed by atoms with Crippen LogP contribution in [0.25, 0.3) is 11.1 Å². The molecule has 1 fully saturated rings. The Kier molecular flexibility index (Phi) is 5.95. The number of amides is 1. The van der Waals surface area contributed by atoms with E-state index in [1.165, 1.54) is 0 Å². The van der Waals surface area contributed by atoms with Crippen LogP contribution in [0.5, 0.6) is 0 Å². The van der Waals surface area contributed by atoms with Crippen molar-refractivity contribution in [1.29, 1.82) is 0 Å². The summed E-state index contributed by atoms with van der Waals surface area (Å²) in [5, 5.41) is 9.90. The van der Waals surface area contributed by atoms with Crippen LogP contribution in [0, 0.1) is 6.92 Å². The smallest absolute Gasteiger partial charge is 0.411 e. The maximum atomic E-state index is 13.1. The molecule has 2 heterocycles. The normalized spacial score (nSPS) is 19.3. The van der Waals surface area contributed by atoms with Crippen LogP contribution in [0.2, 0.25) is 0 Å². The summed E-state index contributed by atoms with van der Waals surface area (Å²) in [5.74, 6) is 0.734. The SMILES string of the molecule is C=C(O)CC1(c2ccccc2)CCN([C@@H](C)c2ccc(-c3cnc(C)nc3)cc2)C(=O)O1. The molecule has 1 aliphatic heterocycles. The van der Waals surface area contributed by atoms with E-state index in [9.17, 15) is 9.90 Å². The fourth-order valence-electron chi connectivity index (χ4n) is 4.20.